The van der Waals surface area contributed by atoms with E-state index in [0.29, 0.717) is 12.0 Å². The van der Waals surface area contributed by atoms with Crippen molar-refractivity contribution in [2.24, 2.45) is 5.41 Å². The number of halogens is 3. The first kappa shape index (κ1) is 25.0. The summed E-state index contributed by atoms with van der Waals surface area (Å²) in [5.41, 5.74) is 2.17. The number of hydrogen-bond acceptors (Lipinski definition) is 6. The van der Waals surface area contributed by atoms with Gasteiger partial charge >= 0.3 is 18.2 Å². The molecule has 0 aromatic carbocycles. The molecule has 9 nitrogen and oxygen atoms in total. The van der Waals surface area contributed by atoms with Gasteiger partial charge in [0.25, 0.3) is 0 Å². The summed E-state index contributed by atoms with van der Waals surface area (Å²) in [5, 5.41) is 10.2. The molecule has 3 saturated heterocycles. The van der Waals surface area contributed by atoms with Crippen LogP contribution in [0.5, 0.6) is 0 Å². The summed E-state index contributed by atoms with van der Waals surface area (Å²) in [6.45, 7) is 8.52. The summed E-state index contributed by atoms with van der Waals surface area (Å²) in [5.74, 6) is -1.95. The molecule has 0 bridgehead atoms. The first-order valence-corrected chi connectivity index (χ1v) is 11.1. The van der Waals surface area contributed by atoms with Gasteiger partial charge in [-0.3, -0.25) is 0 Å². The Morgan fingerprint density at radius 1 is 1.12 bits per heavy atom. The predicted octanol–water partition coefficient (Wildman–Crippen LogP) is 2.26. The molecule has 33 heavy (non-hydrogen) atoms. The highest BCUT2D eigenvalue weighted by atomic mass is 19.4. The summed E-state index contributed by atoms with van der Waals surface area (Å²) < 4.78 is 31.7. The summed E-state index contributed by atoms with van der Waals surface area (Å²) >= 11 is 0. The minimum Gasteiger partial charge on any atom is -0.475 e. The quantitative estimate of drug-likeness (QED) is 0.696. The zero-order valence-corrected chi connectivity index (χ0v) is 19.0. The second-order valence-corrected chi connectivity index (χ2v) is 9.12. The van der Waals surface area contributed by atoms with Gasteiger partial charge < -0.3 is 25.1 Å². The third-order valence-corrected chi connectivity index (χ3v) is 6.30. The highest BCUT2D eigenvalue weighted by molar-refractivity contribution is 5.74. The van der Waals surface area contributed by atoms with Gasteiger partial charge in [-0.05, 0) is 52.3 Å². The molecule has 184 valence electrons. The summed E-state index contributed by atoms with van der Waals surface area (Å²) in [6, 6.07) is 2.01. The van der Waals surface area contributed by atoms with E-state index in [1.807, 2.05) is 17.9 Å². The Hall–Kier alpha value is -2.63. The van der Waals surface area contributed by atoms with Crippen LogP contribution in [0.1, 0.15) is 37.1 Å². The maximum Gasteiger partial charge on any atom is 0.490 e. The number of aromatic nitrogens is 2. The standard InChI is InChI=1S/C19H30N6O.C2HF3O2/c1-15-11-16(22-17(21-15)24-7-3-4-8-24)12-20-18(26)25-10-6-19(14-25)5-9-23(2)13-19;3-2(4,5)1(6)7/h11H,3-10,12-14H2,1-2H3,(H,20,26);(H,6,7). The van der Waals surface area contributed by atoms with Crippen molar-refractivity contribution in [3.63, 3.8) is 0 Å². The fourth-order valence-electron chi connectivity index (χ4n) is 4.64. The van der Waals surface area contributed by atoms with Crippen molar-refractivity contribution in [3.8, 4) is 0 Å². The molecule has 4 rings (SSSR count). The van der Waals surface area contributed by atoms with Gasteiger partial charge in [0, 0.05) is 43.8 Å². The van der Waals surface area contributed by atoms with Crippen LogP contribution in [0.2, 0.25) is 0 Å². The number of anilines is 1. The largest absolute Gasteiger partial charge is 0.490 e. The molecule has 0 saturated carbocycles. The average molecular weight is 473 g/mol. The fourth-order valence-corrected chi connectivity index (χ4v) is 4.64. The molecular formula is C21H31F3N6O3. The Kier molecular flexibility index (Phi) is 7.65. The predicted molar refractivity (Wildman–Crippen MR) is 115 cm³/mol. The van der Waals surface area contributed by atoms with Crippen LogP contribution in [0.4, 0.5) is 23.9 Å². The van der Waals surface area contributed by atoms with E-state index in [0.717, 1.165) is 63.0 Å². The molecule has 0 radical (unpaired) electrons. The number of urea groups is 1. The fraction of sp³-hybridized carbons (Fsp3) is 0.714. The normalized spacial score (nSPS) is 23.1. The van der Waals surface area contributed by atoms with Crippen LogP contribution in [-0.2, 0) is 11.3 Å². The van der Waals surface area contributed by atoms with Crippen molar-refractivity contribution in [1.29, 1.82) is 0 Å². The Morgan fingerprint density at radius 2 is 1.76 bits per heavy atom. The third-order valence-electron chi connectivity index (χ3n) is 6.30. The monoisotopic (exact) mass is 472 g/mol. The number of carbonyl (C=O) groups excluding carboxylic acids is 1. The molecule has 1 spiro atoms. The van der Waals surface area contributed by atoms with E-state index in [1.54, 1.807) is 0 Å². The van der Waals surface area contributed by atoms with E-state index >= 15 is 0 Å². The lowest BCUT2D eigenvalue weighted by molar-refractivity contribution is -0.192. The van der Waals surface area contributed by atoms with Crippen LogP contribution in [0, 0.1) is 12.3 Å². The number of nitrogens with one attached hydrogen (secondary N) is 1. The molecule has 1 atom stereocenters. The molecule has 2 amide bonds. The van der Waals surface area contributed by atoms with E-state index in [9.17, 15) is 18.0 Å². The average Bonchev–Trinajstić information content (AvgIpc) is 3.48. The first-order valence-electron chi connectivity index (χ1n) is 11.1. The van der Waals surface area contributed by atoms with Gasteiger partial charge in [0.1, 0.15) is 0 Å². The number of alkyl halides is 3. The van der Waals surface area contributed by atoms with E-state index in [1.165, 1.54) is 19.3 Å². The third kappa shape index (κ3) is 6.68. The van der Waals surface area contributed by atoms with E-state index in [2.05, 4.69) is 32.1 Å². The topological polar surface area (TPSA) is 102 Å². The first-order chi connectivity index (χ1) is 15.5. The summed E-state index contributed by atoms with van der Waals surface area (Å²) in [7, 11) is 2.17. The van der Waals surface area contributed by atoms with Crippen molar-refractivity contribution in [1.82, 2.24) is 25.1 Å². The lowest BCUT2D eigenvalue weighted by Gasteiger charge is -2.24. The van der Waals surface area contributed by atoms with Gasteiger partial charge in [-0.2, -0.15) is 13.2 Å². The number of carbonyl (C=O) groups is 2. The Labute approximate surface area is 191 Å². The molecule has 1 aromatic heterocycles. The van der Waals surface area contributed by atoms with E-state index < -0.39 is 12.1 Å². The van der Waals surface area contributed by atoms with Gasteiger partial charge in [-0.1, -0.05) is 0 Å². The number of aryl methyl sites for hydroxylation is 1. The molecular weight excluding hydrogens is 441 g/mol. The summed E-state index contributed by atoms with van der Waals surface area (Å²) in [4.78, 5) is 37.3. The number of likely N-dealkylation sites (tertiary alicyclic amines) is 2. The van der Waals surface area contributed by atoms with Crippen molar-refractivity contribution < 1.29 is 27.9 Å². The molecule has 1 unspecified atom stereocenters. The molecule has 3 aliphatic rings. The zero-order chi connectivity index (χ0) is 24.2. The molecule has 2 N–H and O–H groups in total. The van der Waals surface area contributed by atoms with E-state index in [4.69, 9.17) is 9.90 Å². The number of hydrogen-bond donors (Lipinski definition) is 2. The second kappa shape index (κ2) is 10.1. The minimum absolute atomic E-state index is 0.0374. The molecule has 12 heteroatoms. The van der Waals surface area contributed by atoms with Crippen LogP contribution in [0.25, 0.3) is 0 Å². The highest BCUT2D eigenvalue weighted by Crippen LogP contribution is 2.38. The van der Waals surface area contributed by atoms with Crippen molar-refractivity contribution in [3.05, 3.63) is 17.5 Å². The van der Waals surface area contributed by atoms with Crippen molar-refractivity contribution in [2.45, 2.75) is 45.3 Å². The van der Waals surface area contributed by atoms with Crippen LogP contribution in [-0.4, -0.2) is 89.4 Å². The van der Waals surface area contributed by atoms with Crippen molar-refractivity contribution >= 4 is 17.9 Å². The molecule has 0 aliphatic carbocycles. The SMILES string of the molecule is Cc1cc(CNC(=O)N2CCC3(CCN(C)C3)C2)nc(N2CCCC2)n1.O=C(O)C(F)(F)F. The molecule has 3 fully saturated rings. The molecule has 3 aliphatic heterocycles. The van der Waals surface area contributed by atoms with Crippen LogP contribution in [0.15, 0.2) is 6.07 Å². The number of nitrogens with zero attached hydrogens (tertiary/aromatic N) is 5. The smallest absolute Gasteiger partial charge is 0.475 e. The van der Waals surface area contributed by atoms with Gasteiger partial charge in [0.05, 0.1) is 12.2 Å². The molecule has 1 aromatic rings. The molecule has 4 heterocycles. The van der Waals surface area contributed by atoms with Gasteiger partial charge in [-0.15, -0.1) is 0 Å². The maximum atomic E-state index is 12.6. The minimum atomic E-state index is -5.08. The second-order valence-electron chi connectivity index (χ2n) is 9.12. The number of carboxylic acid groups (broad SMARTS) is 1. The number of amides is 2. The Bertz CT molecular complexity index is 862. The van der Waals surface area contributed by atoms with Gasteiger partial charge in [-0.25, -0.2) is 19.6 Å². The lowest BCUT2D eigenvalue weighted by atomic mass is 9.86. The zero-order valence-electron chi connectivity index (χ0n) is 19.0. The number of aliphatic carboxylic acids is 1. The van der Waals surface area contributed by atoms with Crippen molar-refractivity contribution in [2.75, 3.05) is 51.2 Å². The van der Waals surface area contributed by atoms with Crippen LogP contribution in [0.3, 0.4) is 0 Å². The Morgan fingerprint density at radius 3 is 2.33 bits per heavy atom. The van der Waals surface area contributed by atoms with Gasteiger partial charge in [0.2, 0.25) is 5.95 Å². The lowest BCUT2D eigenvalue weighted by Crippen LogP contribution is -2.40. The van der Waals surface area contributed by atoms with Crippen LogP contribution >= 0.6 is 0 Å². The van der Waals surface area contributed by atoms with Crippen LogP contribution < -0.4 is 10.2 Å². The number of carboxylic acids is 1. The van der Waals surface area contributed by atoms with Gasteiger partial charge in [0.15, 0.2) is 0 Å². The number of rotatable bonds is 3. The summed E-state index contributed by atoms with van der Waals surface area (Å²) in [6.07, 6.45) is -0.349. The highest BCUT2D eigenvalue weighted by Gasteiger charge is 2.43. The Balaban J connectivity index is 0.000000383. The van der Waals surface area contributed by atoms with E-state index in [-0.39, 0.29) is 6.03 Å². The maximum absolute atomic E-state index is 12.6.